The SMILES string of the molecule is CCCc1ccc([C@H](C)NC(=O)Nc2cc(C(F)(F)F)ccc2Cl)cc1. The van der Waals surface area contributed by atoms with Gasteiger partial charge in [0.1, 0.15) is 0 Å². The zero-order valence-electron chi connectivity index (χ0n) is 14.5. The minimum absolute atomic E-state index is 0.0321. The fourth-order valence-corrected chi connectivity index (χ4v) is 2.66. The maximum absolute atomic E-state index is 12.8. The second-order valence-corrected chi connectivity index (χ2v) is 6.41. The first-order chi connectivity index (χ1) is 12.2. The molecule has 0 spiro atoms. The third kappa shape index (κ3) is 5.39. The van der Waals surface area contributed by atoms with Gasteiger partial charge < -0.3 is 10.6 Å². The lowest BCUT2D eigenvalue weighted by molar-refractivity contribution is -0.137. The number of carbonyl (C=O) groups is 1. The zero-order chi connectivity index (χ0) is 19.3. The molecule has 0 aliphatic carbocycles. The third-order valence-electron chi connectivity index (χ3n) is 3.91. The number of carbonyl (C=O) groups excluding carboxylic acids is 1. The Bertz CT molecular complexity index is 760. The molecule has 140 valence electrons. The van der Waals surface area contributed by atoms with Crippen molar-refractivity contribution in [1.82, 2.24) is 5.32 Å². The van der Waals surface area contributed by atoms with Crippen molar-refractivity contribution in [1.29, 1.82) is 0 Å². The summed E-state index contributed by atoms with van der Waals surface area (Å²) in [5, 5.41) is 5.10. The van der Waals surface area contributed by atoms with Crippen molar-refractivity contribution in [3.63, 3.8) is 0 Å². The van der Waals surface area contributed by atoms with Gasteiger partial charge in [-0.25, -0.2) is 4.79 Å². The van der Waals surface area contributed by atoms with E-state index in [4.69, 9.17) is 11.6 Å². The predicted octanol–water partition coefficient (Wildman–Crippen LogP) is 6.19. The monoisotopic (exact) mass is 384 g/mol. The highest BCUT2D eigenvalue weighted by Gasteiger charge is 2.31. The molecule has 0 saturated carbocycles. The first-order valence-electron chi connectivity index (χ1n) is 8.23. The molecule has 2 aromatic rings. The van der Waals surface area contributed by atoms with Crippen LogP contribution in [0.25, 0.3) is 0 Å². The molecular weight excluding hydrogens is 365 g/mol. The van der Waals surface area contributed by atoms with Crippen molar-refractivity contribution in [2.75, 3.05) is 5.32 Å². The highest BCUT2D eigenvalue weighted by molar-refractivity contribution is 6.33. The molecule has 0 radical (unpaired) electrons. The minimum Gasteiger partial charge on any atom is -0.331 e. The van der Waals surface area contributed by atoms with Crippen molar-refractivity contribution in [3.8, 4) is 0 Å². The Morgan fingerprint density at radius 1 is 1.15 bits per heavy atom. The maximum Gasteiger partial charge on any atom is 0.416 e. The van der Waals surface area contributed by atoms with E-state index in [1.807, 2.05) is 24.3 Å². The molecule has 2 amide bonds. The van der Waals surface area contributed by atoms with Crippen molar-refractivity contribution >= 4 is 23.3 Å². The van der Waals surface area contributed by atoms with Gasteiger partial charge in [-0.3, -0.25) is 0 Å². The normalized spacial score (nSPS) is 12.5. The van der Waals surface area contributed by atoms with Crippen LogP contribution in [0, 0.1) is 0 Å². The van der Waals surface area contributed by atoms with Gasteiger partial charge in [0, 0.05) is 0 Å². The van der Waals surface area contributed by atoms with Crippen molar-refractivity contribution in [2.45, 2.75) is 38.9 Å². The number of benzene rings is 2. The highest BCUT2D eigenvalue weighted by atomic mass is 35.5. The molecule has 0 unspecified atom stereocenters. The van der Waals surface area contributed by atoms with Crippen LogP contribution in [0.1, 0.15) is 43.0 Å². The molecule has 3 nitrogen and oxygen atoms in total. The molecule has 0 heterocycles. The molecule has 2 N–H and O–H groups in total. The van der Waals surface area contributed by atoms with Crippen LogP contribution in [0.2, 0.25) is 5.02 Å². The Kier molecular flexibility index (Phi) is 6.53. The number of nitrogens with one attached hydrogen (secondary N) is 2. The lowest BCUT2D eigenvalue weighted by Crippen LogP contribution is -2.31. The van der Waals surface area contributed by atoms with Crippen molar-refractivity contribution < 1.29 is 18.0 Å². The summed E-state index contributed by atoms with van der Waals surface area (Å²) in [5.74, 6) is 0. The second-order valence-electron chi connectivity index (χ2n) is 6.00. The van der Waals surface area contributed by atoms with E-state index < -0.39 is 17.8 Å². The summed E-state index contributed by atoms with van der Waals surface area (Å²) in [6.45, 7) is 3.89. The second kappa shape index (κ2) is 8.45. The fraction of sp³-hybridized carbons (Fsp3) is 0.316. The number of aryl methyl sites for hydroxylation is 1. The van der Waals surface area contributed by atoms with Gasteiger partial charge in [-0.05, 0) is 42.7 Å². The van der Waals surface area contributed by atoms with Gasteiger partial charge in [-0.1, -0.05) is 49.2 Å². The molecule has 0 aliphatic heterocycles. The van der Waals surface area contributed by atoms with Gasteiger partial charge in [-0.2, -0.15) is 13.2 Å². The number of amides is 2. The van der Waals surface area contributed by atoms with E-state index in [-0.39, 0.29) is 16.8 Å². The number of hydrogen-bond donors (Lipinski definition) is 2. The largest absolute Gasteiger partial charge is 0.416 e. The lowest BCUT2D eigenvalue weighted by Gasteiger charge is -2.17. The quantitative estimate of drug-likeness (QED) is 0.633. The maximum atomic E-state index is 12.8. The molecule has 1 atom stereocenters. The van der Waals surface area contributed by atoms with E-state index in [1.165, 1.54) is 5.56 Å². The Morgan fingerprint density at radius 2 is 1.81 bits per heavy atom. The van der Waals surface area contributed by atoms with E-state index in [0.29, 0.717) is 0 Å². The summed E-state index contributed by atoms with van der Waals surface area (Å²) in [7, 11) is 0. The average Bonchev–Trinajstić information content (AvgIpc) is 2.56. The van der Waals surface area contributed by atoms with E-state index in [9.17, 15) is 18.0 Å². The lowest BCUT2D eigenvalue weighted by atomic mass is 10.0. The average molecular weight is 385 g/mol. The van der Waals surface area contributed by atoms with Crippen LogP contribution in [-0.4, -0.2) is 6.03 Å². The van der Waals surface area contributed by atoms with E-state index >= 15 is 0 Å². The van der Waals surface area contributed by atoms with Crippen molar-refractivity contribution in [2.24, 2.45) is 0 Å². The number of rotatable bonds is 5. The molecule has 2 aromatic carbocycles. The van der Waals surface area contributed by atoms with Gasteiger partial charge in [0.2, 0.25) is 0 Å². The van der Waals surface area contributed by atoms with Gasteiger partial charge >= 0.3 is 12.2 Å². The Hall–Kier alpha value is -2.21. The van der Waals surface area contributed by atoms with Gasteiger partial charge in [0.05, 0.1) is 22.3 Å². The number of halogens is 4. The van der Waals surface area contributed by atoms with Gasteiger partial charge in [0.15, 0.2) is 0 Å². The molecule has 0 aliphatic rings. The molecule has 0 fully saturated rings. The van der Waals surface area contributed by atoms with Crippen LogP contribution in [-0.2, 0) is 12.6 Å². The standard InChI is InChI=1S/C19H20ClF3N2O/c1-3-4-13-5-7-14(8-6-13)12(2)24-18(26)25-17-11-15(19(21,22)23)9-10-16(17)20/h5-12H,3-4H2,1-2H3,(H2,24,25,26)/t12-/m0/s1. The Labute approximate surface area is 155 Å². The smallest absolute Gasteiger partial charge is 0.331 e. The van der Waals surface area contributed by atoms with Crippen LogP contribution < -0.4 is 10.6 Å². The molecule has 26 heavy (non-hydrogen) atoms. The first-order valence-corrected chi connectivity index (χ1v) is 8.61. The van der Waals surface area contributed by atoms with Gasteiger partial charge in [0.25, 0.3) is 0 Å². The molecule has 0 bridgehead atoms. The summed E-state index contributed by atoms with van der Waals surface area (Å²) in [6, 6.07) is 9.69. The Balaban J connectivity index is 2.04. The topological polar surface area (TPSA) is 41.1 Å². The van der Waals surface area contributed by atoms with Crippen LogP contribution in [0.5, 0.6) is 0 Å². The molecule has 7 heteroatoms. The summed E-state index contributed by atoms with van der Waals surface area (Å²) in [4.78, 5) is 12.1. The number of urea groups is 1. The predicted molar refractivity (Wildman–Crippen MR) is 97.5 cm³/mol. The summed E-state index contributed by atoms with van der Waals surface area (Å²) in [5.41, 5.74) is 1.14. The summed E-state index contributed by atoms with van der Waals surface area (Å²) in [6.07, 6.45) is -2.48. The van der Waals surface area contributed by atoms with Crippen LogP contribution in [0.3, 0.4) is 0 Å². The van der Waals surface area contributed by atoms with E-state index in [0.717, 1.165) is 36.6 Å². The van der Waals surface area contributed by atoms with Crippen molar-refractivity contribution in [3.05, 3.63) is 64.2 Å². The molecule has 2 rings (SSSR count). The van der Waals surface area contributed by atoms with Crippen LogP contribution >= 0.6 is 11.6 Å². The van der Waals surface area contributed by atoms with Gasteiger partial charge in [-0.15, -0.1) is 0 Å². The van der Waals surface area contributed by atoms with E-state index in [2.05, 4.69) is 17.6 Å². The summed E-state index contributed by atoms with van der Waals surface area (Å²) >= 11 is 5.88. The van der Waals surface area contributed by atoms with E-state index in [1.54, 1.807) is 6.92 Å². The third-order valence-corrected chi connectivity index (χ3v) is 4.24. The van der Waals surface area contributed by atoms with Crippen LogP contribution in [0.15, 0.2) is 42.5 Å². The number of alkyl halides is 3. The summed E-state index contributed by atoms with van der Waals surface area (Å²) < 4.78 is 38.4. The highest BCUT2D eigenvalue weighted by Crippen LogP contribution is 2.33. The molecular formula is C19H20ClF3N2O. The molecule has 0 saturated heterocycles. The zero-order valence-corrected chi connectivity index (χ0v) is 15.2. The Morgan fingerprint density at radius 3 is 2.38 bits per heavy atom. The fourth-order valence-electron chi connectivity index (χ4n) is 2.50. The molecule has 0 aromatic heterocycles. The first kappa shape index (κ1) is 20.1. The van der Waals surface area contributed by atoms with Crippen LogP contribution in [0.4, 0.5) is 23.7 Å². The minimum atomic E-state index is -4.51. The number of hydrogen-bond acceptors (Lipinski definition) is 1. The number of anilines is 1.